The molecule has 0 aromatic heterocycles. The first-order valence-corrected chi connectivity index (χ1v) is 11.1. The molecule has 0 amide bonds. The third kappa shape index (κ3) is 4.30. The molecule has 0 spiro atoms. The van der Waals surface area contributed by atoms with E-state index in [0.29, 0.717) is 0 Å². The fourth-order valence-corrected chi connectivity index (χ4v) is 4.01. The number of rotatable bonds is 5. The van der Waals surface area contributed by atoms with Gasteiger partial charge in [0.25, 0.3) is 20.2 Å². The van der Waals surface area contributed by atoms with Gasteiger partial charge in [-0.25, -0.2) is 4.79 Å². The summed E-state index contributed by atoms with van der Waals surface area (Å²) in [5.74, 6) is -2.93. The third-order valence-corrected chi connectivity index (χ3v) is 5.90. The van der Waals surface area contributed by atoms with Gasteiger partial charge in [-0.1, -0.05) is 0 Å². The highest BCUT2D eigenvalue weighted by molar-refractivity contribution is 7.86. The van der Waals surface area contributed by atoms with Gasteiger partial charge in [-0.15, -0.1) is 5.11 Å². The Labute approximate surface area is 179 Å². The lowest BCUT2D eigenvalue weighted by molar-refractivity contribution is 0.0693. The predicted octanol–water partition coefficient (Wildman–Crippen LogP) is 2.44. The predicted molar refractivity (Wildman–Crippen MR) is 109 cm³/mol. The number of fused-ring (bicyclic) bond motifs is 1. The normalized spacial score (nSPS) is 12.4. The average Bonchev–Trinajstić information content (AvgIpc) is 2.66. The Morgan fingerprint density at radius 1 is 0.906 bits per heavy atom. The van der Waals surface area contributed by atoms with Gasteiger partial charge in [0.05, 0.1) is 10.6 Å². The van der Waals surface area contributed by atoms with Gasteiger partial charge < -0.3 is 21.1 Å². The lowest BCUT2D eigenvalue weighted by Gasteiger charge is -2.12. The molecule has 3 aromatic carbocycles. The van der Waals surface area contributed by atoms with E-state index >= 15 is 0 Å². The summed E-state index contributed by atoms with van der Waals surface area (Å²) in [4.78, 5) is 9.44. The fourth-order valence-electron chi connectivity index (χ4n) is 2.80. The standard InChI is InChI=1S/C17H13N3O10S2/c18-11-6-9(31(25,26)27)3-7-4-13(32(28,29)30)15(16(22)14(7)11)20-19-8-1-2-12(21)10(5-8)17(23)24/h1-6,21-22H,18H2,(H,23,24)(H,25,26,27)(H,28,29,30). The van der Waals surface area contributed by atoms with Crippen molar-refractivity contribution in [3.8, 4) is 11.5 Å². The molecule has 32 heavy (non-hydrogen) atoms. The molecule has 13 nitrogen and oxygen atoms in total. The first-order valence-electron chi connectivity index (χ1n) is 8.22. The molecule has 0 radical (unpaired) electrons. The fraction of sp³-hybridized carbons (Fsp3) is 0. The van der Waals surface area contributed by atoms with E-state index in [0.717, 1.165) is 36.4 Å². The highest BCUT2D eigenvalue weighted by Crippen LogP contribution is 2.44. The number of phenols is 2. The number of nitrogens with zero attached hydrogens (tertiary/aromatic N) is 2. The Balaban J connectivity index is 2.30. The second kappa shape index (κ2) is 7.72. The molecule has 15 heteroatoms. The number of carboxylic acids is 1. The summed E-state index contributed by atoms with van der Waals surface area (Å²) in [6.45, 7) is 0. The minimum Gasteiger partial charge on any atom is -0.507 e. The van der Waals surface area contributed by atoms with E-state index in [2.05, 4.69) is 10.2 Å². The van der Waals surface area contributed by atoms with Crippen LogP contribution in [0, 0.1) is 0 Å². The number of aromatic hydroxyl groups is 2. The molecular formula is C17H13N3O10S2. The van der Waals surface area contributed by atoms with Crippen LogP contribution >= 0.6 is 0 Å². The largest absolute Gasteiger partial charge is 0.507 e. The Kier molecular flexibility index (Phi) is 5.52. The van der Waals surface area contributed by atoms with Gasteiger partial charge in [-0.05, 0) is 41.8 Å². The maximum atomic E-state index is 11.8. The summed E-state index contributed by atoms with van der Waals surface area (Å²) in [6.07, 6.45) is 0. The van der Waals surface area contributed by atoms with Crippen LogP contribution in [0.5, 0.6) is 11.5 Å². The molecule has 7 N–H and O–H groups in total. The zero-order chi connectivity index (χ0) is 24.0. The number of nitrogen functional groups attached to an aromatic ring is 1. The summed E-state index contributed by atoms with van der Waals surface area (Å²) in [5, 5.41) is 35.8. The molecule has 3 aromatic rings. The second-order valence-corrected chi connectivity index (χ2v) is 9.15. The number of anilines is 1. The minimum absolute atomic E-state index is 0.157. The summed E-state index contributed by atoms with van der Waals surface area (Å²) >= 11 is 0. The van der Waals surface area contributed by atoms with E-state index in [1.165, 1.54) is 0 Å². The Hall–Kier alpha value is -3.79. The molecule has 0 bridgehead atoms. The summed E-state index contributed by atoms with van der Waals surface area (Å²) < 4.78 is 65.3. The van der Waals surface area contributed by atoms with E-state index in [4.69, 9.17) is 10.8 Å². The highest BCUT2D eigenvalue weighted by Gasteiger charge is 2.24. The molecule has 0 heterocycles. The van der Waals surface area contributed by atoms with Crippen LogP contribution in [0.1, 0.15) is 10.4 Å². The van der Waals surface area contributed by atoms with E-state index < -0.39 is 58.7 Å². The molecule has 0 unspecified atom stereocenters. The van der Waals surface area contributed by atoms with Crippen molar-refractivity contribution in [2.45, 2.75) is 9.79 Å². The van der Waals surface area contributed by atoms with Crippen molar-refractivity contribution >= 4 is 54.0 Å². The van der Waals surface area contributed by atoms with Crippen LogP contribution < -0.4 is 5.73 Å². The smallest absolute Gasteiger partial charge is 0.339 e. The van der Waals surface area contributed by atoms with Crippen molar-refractivity contribution in [1.82, 2.24) is 0 Å². The van der Waals surface area contributed by atoms with Gasteiger partial charge in [0.1, 0.15) is 21.9 Å². The van der Waals surface area contributed by atoms with E-state index in [9.17, 15) is 40.9 Å². The Morgan fingerprint density at radius 2 is 1.56 bits per heavy atom. The van der Waals surface area contributed by atoms with Gasteiger partial charge in [0, 0.05) is 11.1 Å². The van der Waals surface area contributed by atoms with Crippen molar-refractivity contribution in [2.75, 3.05) is 5.73 Å². The van der Waals surface area contributed by atoms with Gasteiger partial charge >= 0.3 is 5.97 Å². The zero-order valence-corrected chi connectivity index (χ0v) is 17.2. The van der Waals surface area contributed by atoms with E-state index in [-0.39, 0.29) is 22.1 Å². The molecule has 3 rings (SSSR count). The van der Waals surface area contributed by atoms with E-state index in [1.54, 1.807) is 0 Å². The Bertz CT molecular complexity index is 1530. The summed E-state index contributed by atoms with van der Waals surface area (Å²) in [5.41, 5.74) is 3.91. The van der Waals surface area contributed by atoms with Crippen LogP contribution in [0.2, 0.25) is 0 Å². The molecular weight excluding hydrogens is 470 g/mol. The van der Waals surface area contributed by atoms with Crippen LogP contribution in [-0.4, -0.2) is 47.2 Å². The molecule has 168 valence electrons. The molecule has 0 aliphatic carbocycles. The van der Waals surface area contributed by atoms with Crippen LogP contribution in [0.25, 0.3) is 10.8 Å². The number of aromatic carboxylic acids is 1. The van der Waals surface area contributed by atoms with Crippen LogP contribution in [0.4, 0.5) is 17.1 Å². The average molecular weight is 483 g/mol. The number of benzene rings is 3. The number of azo groups is 1. The molecule has 0 aliphatic heterocycles. The number of phenolic OH excluding ortho intramolecular Hbond substituents is 1. The number of carboxylic acid groups (broad SMARTS) is 1. The van der Waals surface area contributed by atoms with Crippen LogP contribution in [-0.2, 0) is 20.2 Å². The highest BCUT2D eigenvalue weighted by atomic mass is 32.2. The topological polar surface area (TPSA) is 237 Å². The summed E-state index contributed by atoms with van der Waals surface area (Å²) in [6, 6.07) is 5.43. The molecule has 0 aliphatic rings. The zero-order valence-electron chi connectivity index (χ0n) is 15.5. The number of carbonyl (C=O) groups is 1. The van der Waals surface area contributed by atoms with Crippen molar-refractivity contribution in [3.63, 3.8) is 0 Å². The van der Waals surface area contributed by atoms with Crippen LogP contribution in [0.15, 0.2) is 56.4 Å². The van der Waals surface area contributed by atoms with Gasteiger partial charge in [0.2, 0.25) is 0 Å². The first kappa shape index (κ1) is 22.9. The SMILES string of the molecule is Nc1cc(S(=O)(=O)O)cc2cc(S(=O)(=O)O)c(N=Nc3ccc(O)c(C(=O)O)c3)c(O)c12. The van der Waals surface area contributed by atoms with Gasteiger partial charge in [0.15, 0.2) is 5.75 Å². The summed E-state index contributed by atoms with van der Waals surface area (Å²) in [7, 11) is -9.77. The third-order valence-electron chi connectivity index (χ3n) is 4.21. The maximum Gasteiger partial charge on any atom is 0.339 e. The maximum absolute atomic E-state index is 11.8. The van der Waals surface area contributed by atoms with Gasteiger partial charge in [-0.2, -0.15) is 21.9 Å². The number of nitrogens with two attached hydrogens (primary N) is 1. The second-order valence-electron chi connectivity index (χ2n) is 6.34. The van der Waals surface area contributed by atoms with Crippen molar-refractivity contribution in [2.24, 2.45) is 10.2 Å². The lowest BCUT2D eigenvalue weighted by atomic mass is 10.1. The monoisotopic (exact) mass is 483 g/mol. The van der Waals surface area contributed by atoms with Crippen LogP contribution in [0.3, 0.4) is 0 Å². The number of hydrogen-bond acceptors (Lipinski definition) is 10. The van der Waals surface area contributed by atoms with Gasteiger partial charge in [-0.3, -0.25) is 9.11 Å². The van der Waals surface area contributed by atoms with Crippen molar-refractivity contribution < 1.29 is 46.1 Å². The molecule has 0 fully saturated rings. The molecule has 0 atom stereocenters. The lowest BCUT2D eigenvalue weighted by Crippen LogP contribution is -2.02. The number of hydrogen-bond donors (Lipinski definition) is 6. The quantitative estimate of drug-likeness (QED) is 0.175. The molecule has 0 saturated heterocycles. The first-order chi connectivity index (χ1) is 14.7. The molecule has 0 saturated carbocycles. The van der Waals surface area contributed by atoms with Crippen molar-refractivity contribution in [1.29, 1.82) is 0 Å². The minimum atomic E-state index is -5.04. The van der Waals surface area contributed by atoms with E-state index in [1.807, 2.05) is 0 Å². The van der Waals surface area contributed by atoms with Crippen molar-refractivity contribution in [3.05, 3.63) is 42.0 Å². The Morgan fingerprint density at radius 3 is 2.12 bits per heavy atom.